The molecule has 0 aliphatic carbocycles. The van der Waals surface area contributed by atoms with Gasteiger partial charge in [0.05, 0.1) is 5.75 Å². The van der Waals surface area contributed by atoms with Gasteiger partial charge in [0.1, 0.15) is 0 Å². The number of benzene rings is 1. The van der Waals surface area contributed by atoms with Gasteiger partial charge in [0.15, 0.2) is 5.78 Å². The number of carbonyl (C=O) groups excluding carboxylic acids is 1. The third-order valence-corrected chi connectivity index (χ3v) is 4.91. The number of hydrogen-bond donors (Lipinski definition) is 0. The minimum Gasteiger partial charge on any atom is -0.349 e. The Labute approximate surface area is 132 Å². The normalized spacial score (nSPS) is 10.8. The number of Topliss-reactive ketones (excluding diaryl/α,β-unsaturated/α-hetero) is 1. The van der Waals surface area contributed by atoms with Crippen LogP contribution in [-0.2, 0) is 6.54 Å². The lowest BCUT2D eigenvalue weighted by atomic mass is 10.2. The second-order valence-corrected chi connectivity index (χ2v) is 6.66. The average molecular weight is 352 g/mol. The molecular formula is C16H18BrNOS. The number of halogens is 1. The lowest BCUT2D eigenvalue weighted by molar-refractivity contribution is 0.102. The summed E-state index contributed by atoms with van der Waals surface area (Å²) in [5.74, 6) is 0.682. The quantitative estimate of drug-likeness (QED) is 0.566. The first-order chi connectivity index (χ1) is 9.52. The van der Waals surface area contributed by atoms with Gasteiger partial charge in [-0.25, -0.2) is 0 Å². The molecule has 1 aromatic heterocycles. The van der Waals surface area contributed by atoms with Gasteiger partial charge < -0.3 is 4.57 Å². The molecule has 0 atom stereocenters. The molecule has 2 rings (SSSR count). The number of thioether (sulfide) groups is 1. The van der Waals surface area contributed by atoms with Crippen molar-refractivity contribution in [1.82, 2.24) is 4.57 Å². The van der Waals surface area contributed by atoms with Gasteiger partial charge in [0, 0.05) is 32.9 Å². The Morgan fingerprint density at radius 3 is 2.45 bits per heavy atom. The van der Waals surface area contributed by atoms with E-state index < -0.39 is 0 Å². The summed E-state index contributed by atoms with van der Waals surface area (Å²) in [5.41, 5.74) is 3.09. The van der Waals surface area contributed by atoms with E-state index >= 15 is 0 Å². The summed E-state index contributed by atoms with van der Waals surface area (Å²) in [6, 6.07) is 10.0. The van der Waals surface area contributed by atoms with Gasteiger partial charge in [-0.05, 0) is 51.1 Å². The fourth-order valence-corrected chi connectivity index (χ4v) is 3.37. The second kappa shape index (κ2) is 6.64. The van der Waals surface area contributed by atoms with E-state index in [4.69, 9.17) is 0 Å². The molecule has 0 radical (unpaired) electrons. The smallest absolute Gasteiger partial charge is 0.174 e. The van der Waals surface area contributed by atoms with Gasteiger partial charge in [-0.1, -0.05) is 15.9 Å². The van der Waals surface area contributed by atoms with Crippen molar-refractivity contribution in [3.8, 4) is 0 Å². The van der Waals surface area contributed by atoms with Crippen molar-refractivity contribution < 1.29 is 4.79 Å². The lowest BCUT2D eigenvalue weighted by Gasteiger charge is -2.05. The van der Waals surface area contributed by atoms with Crippen molar-refractivity contribution in [2.24, 2.45) is 0 Å². The Balaban J connectivity index is 2.07. The lowest BCUT2D eigenvalue weighted by Crippen LogP contribution is -2.05. The van der Waals surface area contributed by atoms with Crippen LogP contribution in [0.1, 0.15) is 28.7 Å². The van der Waals surface area contributed by atoms with E-state index in [1.165, 1.54) is 0 Å². The summed E-state index contributed by atoms with van der Waals surface area (Å²) in [5, 5.41) is 0. The second-order valence-electron chi connectivity index (χ2n) is 4.69. The van der Waals surface area contributed by atoms with Crippen LogP contribution in [0, 0.1) is 13.8 Å². The Morgan fingerprint density at radius 2 is 1.90 bits per heavy atom. The highest BCUT2D eigenvalue weighted by Crippen LogP contribution is 2.23. The molecule has 4 heteroatoms. The molecule has 0 saturated carbocycles. The van der Waals surface area contributed by atoms with Crippen LogP contribution in [0.15, 0.2) is 39.7 Å². The number of nitrogens with zero attached hydrogens (tertiary/aromatic N) is 1. The number of carbonyl (C=O) groups is 1. The molecule has 0 fully saturated rings. The molecule has 0 N–H and O–H groups in total. The molecule has 106 valence electrons. The Kier molecular flexibility index (Phi) is 5.11. The number of rotatable bonds is 5. The Bertz CT molecular complexity index is 616. The maximum absolute atomic E-state index is 12.3. The van der Waals surface area contributed by atoms with Gasteiger partial charge in [-0.3, -0.25) is 4.79 Å². The van der Waals surface area contributed by atoms with Crippen LogP contribution in [0.5, 0.6) is 0 Å². The maximum Gasteiger partial charge on any atom is 0.174 e. The van der Waals surface area contributed by atoms with Crippen LogP contribution in [0.25, 0.3) is 0 Å². The van der Waals surface area contributed by atoms with Gasteiger partial charge >= 0.3 is 0 Å². The summed E-state index contributed by atoms with van der Waals surface area (Å²) < 4.78 is 3.23. The molecule has 1 aromatic carbocycles. The molecule has 0 aliphatic rings. The zero-order chi connectivity index (χ0) is 14.7. The van der Waals surface area contributed by atoms with Crippen molar-refractivity contribution in [3.63, 3.8) is 0 Å². The van der Waals surface area contributed by atoms with Crippen LogP contribution in [-0.4, -0.2) is 16.1 Å². The van der Waals surface area contributed by atoms with E-state index in [-0.39, 0.29) is 5.78 Å². The molecule has 0 unspecified atom stereocenters. The van der Waals surface area contributed by atoms with Crippen molar-refractivity contribution in [3.05, 3.63) is 51.8 Å². The van der Waals surface area contributed by atoms with Crippen molar-refractivity contribution in [1.29, 1.82) is 0 Å². The number of ketones is 1. The first-order valence-corrected chi connectivity index (χ1v) is 8.39. The summed E-state index contributed by atoms with van der Waals surface area (Å²) in [6.07, 6.45) is 0. The van der Waals surface area contributed by atoms with Gasteiger partial charge in [-0.2, -0.15) is 0 Å². The topological polar surface area (TPSA) is 22.0 Å². The Hall–Kier alpha value is -1.00. The molecule has 0 aliphatic heterocycles. The molecule has 0 amide bonds. The van der Waals surface area contributed by atoms with E-state index in [9.17, 15) is 4.79 Å². The highest BCUT2D eigenvalue weighted by molar-refractivity contribution is 9.10. The largest absolute Gasteiger partial charge is 0.349 e. The number of hydrogen-bond acceptors (Lipinski definition) is 2. The van der Waals surface area contributed by atoms with Crippen LogP contribution in [0.3, 0.4) is 0 Å². The summed E-state index contributed by atoms with van der Waals surface area (Å²) in [6.45, 7) is 7.08. The van der Waals surface area contributed by atoms with Crippen LogP contribution in [0.4, 0.5) is 0 Å². The fourth-order valence-electron chi connectivity index (χ4n) is 2.33. The predicted octanol–water partition coefficient (Wildman–Crippen LogP) is 4.86. The van der Waals surface area contributed by atoms with E-state index in [0.717, 1.165) is 32.9 Å². The van der Waals surface area contributed by atoms with Crippen LogP contribution >= 0.6 is 27.7 Å². The van der Waals surface area contributed by atoms with E-state index in [1.54, 1.807) is 11.8 Å². The van der Waals surface area contributed by atoms with Gasteiger partial charge in [0.2, 0.25) is 0 Å². The summed E-state index contributed by atoms with van der Waals surface area (Å²) in [4.78, 5) is 13.5. The Morgan fingerprint density at radius 1 is 1.25 bits per heavy atom. The van der Waals surface area contributed by atoms with Crippen molar-refractivity contribution >= 4 is 33.5 Å². The van der Waals surface area contributed by atoms with Crippen LogP contribution in [0.2, 0.25) is 0 Å². The van der Waals surface area contributed by atoms with Crippen molar-refractivity contribution in [2.75, 3.05) is 5.75 Å². The molecular weight excluding hydrogens is 334 g/mol. The zero-order valence-corrected chi connectivity index (χ0v) is 14.3. The highest BCUT2D eigenvalue weighted by Gasteiger charge is 2.15. The first kappa shape index (κ1) is 15.4. The molecule has 20 heavy (non-hydrogen) atoms. The monoisotopic (exact) mass is 351 g/mol. The van der Waals surface area contributed by atoms with Crippen LogP contribution < -0.4 is 0 Å². The predicted molar refractivity (Wildman–Crippen MR) is 88.8 cm³/mol. The minimum absolute atomic E-state index is 0.200. The number of aromatic nitrogens is 1. The molecule has 0 bridgehead atoms. The SMILES string of the molecule is CCn1c(C)cc(C(=O)CSc2ccc(Br)cc2)c1C. The fraction of sp³-hybridized carbons (Fsp3) is 0.312. The summed E-state index contributed by atoms with van der Waals surface area (Å²) >= 11 is 5.00. The minimum atomic E-state index is 0.200. The zero-order valence-electron chi connectivity index (χ0n) is 11.9. The summed E-state index contributed by atoms with van der Waals surface area (Å²) in [7, 11) is 0. The third kappa shape index (κ3) is 3.36. The molecule has 2 aromatic rings. The third-order valence-electron chi connectivity index (χ3n) is 3.37. The van der Waals surface area contributed by atoms with E-state index in [1.807, 2.05) is 37.3 Å². The first-order valence-electron chi connectivity index (χ1n) is 6.61. The van der Waals surface area contributed by atoms with Crippen molar-refractivity contribution in [2.45, 2.75) is 32.2 Å². The molecule has 2 nitrogen and oxygen atoms in total. The van der Waals surface area contributed by atoms with Gasteiger partial charge in [0.25, 0.3) is 0 Å². The molecule has 0 spiro atoms. The number of aryl methyl sites for hydroxylation is 1. The van der Waals surface area contributed by atoms with Gasteiger partial charge in [-0.15, -0.1) is 11.8 Å². The van der Waals surface area contributed by atoms with E-state index in [2.05, 4.69) is 34.3 Å². The molecule has 1 heterocycles. The standard InChI is InChI=1S/C16H18BrNOS/c1-4-18-11(2)9-15(12(18)3)16(19)10-20-14-7-5-13(17)6-8-14/h5-9H,4,10H2,1-3H3. The maximum atomic E-state index is 12.3. The highest BCUT2D eigenvalue weighted by atomic mass is 79.9. The molecule has 0 saturated heterocycles. The average Bonchev–Trinajstić information content (AvgIpc) is 2.72. The van der Waals surface area contributed by atoms with E-state index in [0.29, 0.717) is 5.75 Å².